The Labute approximate surface area is 220 Å². The SMILES string of the molecule is CCCCNC(=O)[C@@H](Cc1ccccc1)N(Cc1cccc(Br)c1)C(=O)COc1ccccc1Cl. The Morgan fingerprint density at radius 2 is 1.71 bits per heavy atom. The smallest absolute Gasteiger partial charge is 0.261 e. The monoisotopic (exact) mass is 556 g/mol. The first-order valence-corrected chi connectivity index (χ1v) is 12.9. The number of halogens is 2. The van der Waals surface area contributed by atoms with Crippen molar-refractivity contribution in [2.75, 3.05) is 13.2 Å². The van der Waals surface area contributed by atoms with Crippen molar-refractivity contribution in [3.05, 3.63) is 99.5 Å². The number of carbonyl (C=O) groups is 2. The molecule has 0 aromatic heterocycles. The molecular weight excluding hydrogens is 528 g/mol. The average Bonchev–Trinajstić information content (AvgIpc) is 2.86. The average molecular weight is 558 g/mol. The minimum Gasteiger partial charge on any atom is -0.482 e. The molecule has 0 aliphatic heterocycles. The number of ether oxygens (including phenoxy) is 1. The number of hydrogen-bond acceptors (Lipinski definition) is 3. The van der Waals surface area contributed by atoms with Crippen molar-refractivity contribution < 1.29 is 14.3 Å². The third-order valence-corrected chi connectivity index (χ3v) is 6.34. The molecule has 0 fully saturated rings. The summed E-state index contributed by atoms with van der Waals surface area (Å²) in [5.74, 6) is -0.0446. The van der Waals surface area contributed by atoms with Crippen molar-refractivity contribution in [2.24, 2.45) is 0 Å². The van der Waals surface area contributed by atoms with Gasteiger partial charge in [0.15, 0.2) is 6.61 Å². The van der Waals surface area contributed by atoms with Gasteiger partial charge < -0.3 is 15.0 Å². The Morgan fingerprint density at radius 1 is 1.00 bits per heavy atom. The number of amides is 2. The maximum atomic E-state index is 13.5. The molecule has 0 spiro atoms. The highest BCUT2D eigenvalue weighted by Crippen LogP contribution is 2.24. The van der Waals surface area contributed by atoms with Crippen LogP contribution in [0.25, 0.3) is 0 Å². The summed E-state index contributed by atoms with van der Waals surface area (Å²) in [4.78, 5) is 28.5. The zero-order valence-electron chi connectivity index (χ0n) is 19.8. The summed E-state index contributed by atoms with van der Waals surface area (Å²) in [7, 11) is 0. The Kier molecular flexibility index (Phi) is 10.6. The molecule has 0 saturated carbocycles. The molecule has 0 heterocycles. The maximum Gasteiger partial charge on any atom is 0.261 e. The topological polar surface area (TPSA) is 58.6 Å². The quantitative estimate of drug-likeness (QED) is 0.276. The Hall–Kier alpha value is -2.83. The maximum absolute atomic E-state index is 13.5. The van der Waals surface area contributed by atoms with E-state index in [4.69, 9.17) is 16.3 Å². The molecule has 2 amide bonds. The number of rotatable bonds is 12. The molecule has 3 rings (SSSR count). The van der Waals surface area contributed by atoms with Gasteiger partial charge in [-0.25, -0.2) is 0 Å². The van der Waals surface area contributed by atoms with Crippen molar-refractivity contribution >= 4 is 39.3 Å². The van der Waals surface area contributed by atoms with Gasteiger partial charge in [-0.15, -0.1) is 0 Å². The number of unbranched alkanes of at least 4 members (excludes halogenated alkanes) is 1. The van der Waals surface area contributed by atoms with Crippen molar-refractivity contribution in [1.82, 2.24) is 10.2 Å². The molecule has 0 aliphatic rings. The van der Waals surface area contributed by atoms with Gasteiger partial charge in [0.05, 0.1) is 5.02 Å². The molecule has 7 heteroatoms. The van der Waals surface area contributed by atoms with Crippen LogP contribution >= 0.6 is 27.5 Å². The number of hydrogen-bond donors (Lipinski definition) is 1. The molecule has 3 aromatic rings. The first-order valence-electron chi connectivity index (χ1n) is 11.7. The standard InChI is InChI=1S/C28H30BrClN2O3/c1-2-3-16-31-28(34)25(18-21-10-5-4-6-11-21)32(19-22-12-9-13-23(29)17-22)27(33)20-35-26-15-8-7-14-24(26)30/h4-15,17,25H,2-3,16,18-20H2,1H3,(H,31,34)/t25-/m1/s1. The van der Waals surface area contributed by atoms with Crippen LogP contribution in [-0.4, -0.2) is 35.9 Å². The Morgan fingerprint density at radius 3 is 2.43 bits per heavy atom. The molecular formula is C28H30BrClN2O3. The lowest BCUT2D eigenvalue weighted by Gasteiger charge is -2.31. The minimum atomic E-state index is -0.699. The van der Waals surface area contributed by atoms with E-state index in [1.54, 1.807) is 29.2 Å². The van der Waals surface area contributed by atoms with E-state index in [2.05, 4.69) is 28.2 Å². The van der Waals surface area contributed by atoms with Gasteiger partial charge in [-0.3, -0.25) is 9.59 Å². The first kappa shape index (κ1) is 26.8. The van der Waals surface area contributed by atoms with Crippen LogP contribution in [-0.2, 0) is 22.6 Å². The van der Waals surface area contributed by atoms with Crippen molar-refractivity contribution in [3.8, 4) is 5.75 Å². The van der Waals surface area contributed by atoms with Gasteiger partial charge >= 0.3 is 0 Å². The molecule has 35 heavy (non-hydrogen) atoms. The molecule has 0 saturated heterocycles. The number of para-hydroxylation sites is 1. The summed E-state index contributed by atoms with van der Waals surface area (Å²) >= 11 is 9.70. The first-order chi connectivity index (χ1) is 17.0. The predicted octanol–water partition coefficient (Wildman–Crippen LogP) is 6.04. The molecule has 1 N–H and O–H groups in total. The summed E-state index contributed by atoms with van der Waals surface area (Å²) in [5.41, 5.74) is 1.88. The summed E-state index contributed by atoms with van der Waals surface area (Å²) in [6.07, 6.45) is 2.24. The lowest BCUT2D eigenvalue weighted by Crippen LogP contribution is -2.51. The highest BCUT2D eigenvalue weighted by Gasteiger charge is 2.30. The van der Waals surface area contributed by atoms with Gasteiger partial charge in [0.1, 0.15) is 11.8 Å². The predicted molar refractivity (Wildman–Crippen MR) is 143 cm³/mol. The van der Waals surface area contributed by atoms with Crippen molar-refractivity contribution in [2.45, 2.75) is 38.8 Å². The van der Waals surface area contributed by atoms with Crippen LogP contribution in [0.3, 0.4) is 0 Å². The van der Waals surface area contributed by atoms with Crippen LogP contribution in [0.5, 0.6) is 5.75 Å². The Bertz CT molecular complexity index is 1110. The van der Waals surface area contributed by atoms with Crippen LogP contribution in [0.4, 0.5) is 0 Å². The van der Waals surface area contributed by atoms with Gasteiger partial charge in [-0.1, -0.05) is 95.5 Å². The number of nitrogens with one attached hydrogen (secondary N) is 1. The van der Waals surface area contributed by atoms with Crippen LogP contribution in [0.15, 0.2) is 83.3 Å². The molecule has 0 unspecified atom stereocenters. The van der Waals surface area contributed by atoms with Crippen molar-refractivity contribution in [3.63, 3.8) is 0 Å². The highest BCUT2D eigenvalue weighted by molar-refractivity contribution is 9.10. The van der Waals surface area contributed by atoms with E-state index in [0.717, 1.165) is 28.4 Å². The summed E-state index contributed by atoms with van der Waals surface area (Å²) in [5, 5.41) is 3.44. The van der Waals surface area contributed by atoms with Gasteiger partial charge in [0, 0.05) is 24.0 Å². The van der Waals surface area contributed by atoms with E-state index in [1.807, 2.05) is 54.6 Å². The van der Waals surface area contributed by atoms with Gasteiger partial charge in [-0.2, -0.15) is 0 Å². The van der Waals surface area contributed by atoms with E-state index >= 15 is 0 Å². The zero-order chi connectivity index (χ0) is 25.0. The summed E-state index contributed by atoms with van der Waals surface area (Å²) in [6, 6.07) is 23.8. The third-order valence-electron chi connectivity index (χ3n) is 5.53. The second-order valence-electron chi connectivity index (χ2n) is 8.22. The zero-order valence-corrected chi connectivity index (χ0v) is 22.1. The van der Waals surface area contributed by atoms with Gasteiger partial charge in [-0.05, 0) is 41.8 Å². The fourth-order valence-corrected chi connectivity index (χ4v) is 4.31. The van der Waals surface area contributed by atoms with E-state index < -0.39 is 6.04 Å². The van der Waals surface area contributed by atoms with Crippen molar-refractivity contribution in [1.29, 1.82) is 0 Å². The molecule has 0 radical (unpaired) electrons. The second kappa shape index (κ2) is 13.9. The van der Waals surface area contributed by atoms with Crippen LogP contribution < -0.4 is 10.1 Å². The highest BCUT2D eigenvalue weighted by atomic mass is 79.9. The van der Waals surface area contributed by atoms with Crippen LogP contribution in [0.2, 0.25) is 5.02 Å². The van der Waals surface area contributed by atoms with E-state index in [0.29, 0.717) is 23.7 Å². The molecule has 184 valence electrons. The van der Waals surface area contributed by atoms with E-state index in [-0.39, 0.29) is 25.0 Å². The van der Waals surface area contributed by atoms with Crippen LogP contribution in [0, 0.1) is 0 Å². The van der Waals surface area contributed by atoms with Gasteiger partial charge in [0.2, 0.25) is 5.91 Å². The molecule has 3 aromatic carbocycles. The summed E-state index contributed by atoms with van der Waals surface area (Å²) < 4.78 is 6.66. The number of nitrogens with zero attached hydrogens (tertiary/aromatic N) is 1. The lowest BCUT2D eigenvalue weighted by atomic mass is 10.0. The largest absolute Gasteiger partial charge is 0.482 e. The number of carbonyl (C=O) groups excluding carboxylic acids is 2. The number of benzene rings is 3. The molecule has 1 atom stereocenters. The Balaban J connectivity index is 1.89. The van der Waals surface area contributed by atoms with E-state index in [1.165, 1.54) is 0 Å². The fourth-order valence-electron chi connectivity index (χ4n) is 3.68. The fraction of sp³-hybridized carbons (Fsp3) is 0.286. The summed E-state index contributed by atoms with van der Waals surface area (Å²) in [6.45, 7) is 2.67. The minimum absolute atomic E-state index is 0.177. The van der Waals surface area contributed by atoms with E-state index in [9.17, 15) is 9.59 Å². The molecule has 0 bridgehead atoms. The lowest BCUT2D eigenvalue weighted by molar-refractivity contribution is -0.142. The normalized spacial score (nSPS) is 11.5. The molecule has 0 aliphatic carbocycles. The van der Waals surface area contributed by atoms with Gasteiger partial charge in [0.25, 0.3) is 5.91 Å². The van der Waals surface area contributed by atoms with Crippen LogP contribution in [0.1, 0.15) is 30.9 Å². The third kappa shape index (κ3) is 8.41. The molecule has 5 nitrogen and oxygen atoms in total. The second-order valence-corrected chi connectivity index (χ2v) is 9.54.